The van der Waals surface area contributed by atoms with Gasteiger partial charge in [0.05, 0.1) is 13.2 Å². The topological polar surface area (TPSA) is 35.5 Å². The molecule has 4 heteroatoms. The number of halogens is 1. The zero-order chi connectivity index (χ0) is 9.19. The molecule has 0 radical (unpaired) electrons. The molecule has 1 fully saturated rings. The van der Waals surface area contributed by atoms with Crippen molar-refractivity contribution < 1.29 is 14.3 Å². The molecule has 1 atom stereocenters. The van der Waals surface area contributed by atoms with Gasteiger partial charge in [-0.2, -0.15) is 0 Å². The molecule has 12 heavy (non-hydrogen) atoms. The molecule has 0 aromatic rings. The molecular formula is C8H13BrO3. The minimum absolute atomic E-state index is 0.0616. The van der Waals surface area contributed by atoms with Crippen molar-refractivity contribution in [1.82, 2.24) is 0 Å². The van der Waals surface area contributed by atoms with E-state index in [1.165, 1.54) is 0 Å². The van der Waals surface area contributed by atoms with Crippen LogP contribution in [0.2, 0.25) is 0 Å². The Balaban J connectivity index is 2.40. The molecule has 0 spiro atoms. The molecule has 0 aromatic carbocycles. The second-order valence-electron chi connectivity index (χ2n) is 3.74. The van der Waals surface area contributed by atoms with E-state index in [-0.39, 0.29) is 10.2 Å². The average Bonchev–Trinajstić information content (AvgIpc) is 2.03. The Morgan fingerprint density at radius 3 is 2.42 bits per heavy atom. The van der Waals surface area contributed by atoms with Crippen molar-refractivity contribution in [3.8, 4) is 0 Å². The van der Waals surface area contributed by atoms with Gasteiger partial charge in [-0.05, 0) is 0 Å². The Hall–Kier alpha value is 0.0700. The van der Waals surface area contributed by atoms with E-state index < -0.39 is 6.29 Å². The first-order chi connectivity index (χ1) is 5.55. The van der Waals surface area contributed by atoms with Gasteiger partial charge < -0.3 is 14.3 Å². The van der Waals surface area contributed by atoms with Gasteiger partial charge in [0.1, 0.15) is 11.1 Å². The van der Waals surface area contributed by atoms with E-state index >= 15 is 0 Å². The summed E-state index contributed by atoms with van der Waals surface area (Å²) in [5, 5.41) is 0. The van der Waals surface area contributed by atoms with Crippen molar-refractivity contribution in [2.24, 2.45) is 5.41 Å². The van der Waals surface area contributed by atoms with E-state index in [1.54, 1.807) is 0 Å². The zero-order valence-corrected chi connectivity index (χ0v) is 8.83. The number of alkyl halides is 1. The van der Waals surface area contributed by atoms with Crippen LogP contribution in [0.15, 0.2) is 0 Å². The minimum Gasteiger partial charge on any atom is -0.350 e. The fraction of sp³-hybridized carbons (Fsp3) is 0.875. The van der Waals surface area contributed by atoms with E-state index in [9.17, 15) is 4.79 Å². The van der Waals surface area contributed by atoms with Crippen LogP contribution in [0.3, 0.4) is 0 Å². The summed E-state index contributed by atoms with van der Waals surface area (Å²) < 4.78 is 10.7. The molecule has 1 unspecified atom stereocenters. The summed E-state index contributed by atoms with van der Waals surface area (Å²) in [6.45, 7) is 5.39. The summed E-state index contributed by atoms with van der Waals surface area (Å²) in [4.78, 5) is 10.0. The lowest BCUT2D eigenvalue weighted by atomic mass is 9.95. The van der Waals surface area contributed by atoms with E-state index in [4.69, 9.17) is 9.47 Å². The van der Waals surface area contributed by atoms with Gasteiger partial charge in [-0.25, -0.2) is 0 Å². The molecule has 0 saturated carbocycles. The zero-order valence-electron chi connectivity index (χ0n) is 7.25. The molecule has 1 aliphatic heterocycles. The summed E-state index contributed by atoms with van der Waals surface area (Å²) in [6, 6.07) is 0. The maximum atomic E-state index is 10.4. The number of carbonyl (C=O) groups excluding carboxylic acids is 1. The van der Waals surface area contributed by atoms with Crippen molar-refractivity contribution in [2.45, 2.75) is 25.0 Å². The van der Waals surface area contributed by atoms with Gasteiger partial charge in [-0.15, -0.1) is 0 Å². The van der Waals surface area contributed by atoms with Gasteiger partial charge in [0, 0.05) is 5.41 Å². The predicted molar refractivity (Wildman–Crippen MR) is 48.3 cm³/mol. The highest BCUT2D eigenvalue weighted by Gasteiger charge is 2.31. The normalized spacial score (nSPS) is 26.6. The number of aldehydes is 1. The standard InChI is InChI=1S/C8H13BrO3/c1-8(2)4-11-7(12-5-8)6(9)3-10/h3,6-7H,4-5H2,1-2H3. The van der Waals surface area contributed by atoms with Crippen LogP contribution in [-0.2, 0) is 14.3 Å². The molecule has 1 aliphatic rings. The van der Waals surface area contributed by atoms with Crippen molar-refractivity contribution in [3.05, 3.63) is 0 Å². The fourth-order valence-electron chi connectivity index (χ4n) is 0.953. The quantitative estimate of drug-likeness (QED) is 0.537. The Labute approximate surface area is 80.5 Å². The number of carbonyl (C=O) groups is 1. The van der Waals surface area contributed by atoms with Crippen LogP contribution < -0.4 is 0 Å². The third kappa shape index (κ3) is 2.54. The van der Waals surface area contributed by atoms with Crippen molar-refractivity contribution in [2.75, 3.05) is 13.2 Å². The molecule has 1 saturated heterocycles. The molecule has 70 valence electrons. The summed E-state index contributed by atoms with van der Waals surface area (Å²) in [5.74, 6) is 0. The monoisotopic (exact) mass is 236 g/mol. The third-order valence-electron chi connectivity index (χ3n) is 1.67. The molecular weight excluding hydrogens is 224 g/mol. The molecule has 0 aromatic heterocycles. The van der Waals surface area contributed by atoms with Gasteiger partial charge >= 0.3 is 0 Å². The van der Waals surface area contributed by atoms with E-state index in [2.05, 4.69) is 29.8 Å². The van der Waals surface area contributed by atoms with Crippen molar-refractivity contribution in [3.63, 3.8) is 0 Å². The van der Waals surface area contributed by atoms with Crippen LogP contribution in [0.4, 0.5) is 0 Å². The first-order valence-electron chi connectivity index (χ1n) is 3.88. The number of rotatable bonds is 2. The van der Waals surface area contributed by atoms with Crippen LogP contribution in [0.5, 0.6) is 0 Å². The number of ether oxygens (including phenoxy) is 2. The molecule has 0 amide bonds. The summed E-state index contributed by atoms with van der Waals surface area (Å²) in [5.41, 5.74) is 0.0616. The lowest BCUT2D eigenvalue weighted by Crippen LogP contribution is -2.42. The highest BCUT2D eigenvalue weighted by atomic mass is 79.9. The summed E-state index contributed by atoms with van der Waals surface area (Å²) in [6.07, 6.45) is 0.360. The fourth-order valence-corrected chi connectivity index (χ4v) is 1.26. The van der Waals surface area contributed by atoms with E-state index in [0.29, 0.717) is 13.2 Å². The van der Waals surface area contributed by atoms with Crippen LogP contribution in [-0.4, -0.2) is 30.6 Å². The van der Waals surface area contributed by atoms with Crippen LogP contribution >= 0.6 is 15.9 Å². The van der Waals surface area contributed by atoms with Gasteiger partial charge in [0.25, 0.3) is 0 Å². The smallest absolute Gasteiger partial charge is 0.176 e. The highest BCUT2D eigenvalue weighted by Crippen LogP contribution is 2.25. The molecule has 0 N–H and O–H groups in total. The average molecular weight is 237 g/mol. The lowest BCUT2D eigenvalue weighted by molar-refractivity contribution is -0.217. The number of hydrogen-bond acceptors (Lipinski definition) is 3. The Kier molecular flexibility index (Phi) is 3.26. The SMILES string of the molecule is CC1(C)COC(C(Br)C=O)OC1. The lowest BCUT2D eigenvalue weighted by Gasteiger charge is -2.35. The van der Waals surface area contributed by atoms with Crippen molar-refractivity contribution >= 4 is 22.2 Å². The van der Waals surface area contributed by atoms with E-state index in [0.717, 1.165) is 6.29 Å². The molecule has 3 nitrogen and oxygen atoms in total. The summed E-state index contributed by atoms with van der Waals surface area (Å²) >= 11 is 3.16. The molecule has 1 heterocycles. The largest absolute Gasteiger partial charge is 0.350 e. The van der Waals surface area contributed by atoms with E-state index in [1.807, 2.05) is 0 Å². The maximum absolute atomic E-state index is 10.4. The Morgan fingerprint density at radius 2 is 2.00 bits per heavy atom. The number of hydrogen-bond donors (Lipinski definition) is 0. The minimum atomic E-state index is -0.421. The van der Waals surface area contributed by atoms with Crippen molar-refractivity contribution in [1.29, 1.82) is 0 Å². The predicted octanol–water partition coefficient (Wildman–Crippen LogP) is 1.35. The molecule has 0 bridgehead atoms. The Morgan fingerprint density at radius 1 is 1.50 bits per heavy atom. The van der Waals surface area contributed by atoms with Crippen LogP contribution in [0, 0.1) is 5.41 Å². The van der Waals surface area contributed by atoms with Crippen LogP contribution in [0.25, 0.3) is 0 Å². The maximum Gasteiger partial charge on any atom is 0.176 e. The van der Waals surface area contributed by atoms with Gasteiger partial charge in [-0.3, -0.25) is 0 Å². The second kappa shape index (κ2) is 3.85. The first kappa shape index (κ1) is 10.2. The summed E-state index contributed by atoms with van der Waals surface area (Å²) in [7, 11) is 0. The van der Waals surface area contributed by atoms with Gasteiger partial charge in [0.15, 0.2) is 6.29 Å². The molecule has 0 aliphatic carbocycles. The molecule has 1 rings (SSSR count). The van der Waals surface area contributed by atoms with Gasteiger partial charge in [0.2, 0.25) is 0 Å². The first-order valence-corrected chi connectivity index (χ1v) is 4.79. The Bertz CT molecular complexity index is 160. The second-order valence-corrected chi connectivity index (χ2v) is 4.79. The van der Waals surface area contributed by atoms with Crippen LogP contribution in [0.1, 0.15) is 13.8 Å². The van der Waals surface area contributed by atoms with Gasteiger partial charge in [-0.1, -0.05) is 29.8 Å². The highest BCUT2D eigenvalue weighted by molar-refractivity contribution is 9.10. The third-order valence-corrected chi connectivity index (χ3v) is 2.31.